The Bertz CT molecular complexity index is 1150. The number of ether oxygens (including phenoxy) is 1. The Morgan fingerprint density at radius 3 is 2.30 bits per heavy atom. The summed E-state index contributed by atoms with van der Waals surface area (Å²) < 4.78 is 5.46. The summed E-state index contributed by atoms with van der Waals surface area (Å²) in [5, 5.41) is 24.6. The second kappa shape index (κ2) is 9.80. The molecule has 4 rings (SSSR count). The Morgan fingerprint density at radius 1 is 1.06 bits per heavy atom. The number of hydrogen-bond donors (Lipinski definition) is 4. The van der Waals surface area contributed by atoms with Gasteiger partial charge in [0.25, 0.3) is 5.91 Å². The predicted molar refractivity (Wildman–Crippen MR) is 120 cm³/mol. The lowest BCUT2D eigenvalue weighted by Crippen LogP contribution is -2.43. The molecule has 0 radical (unpaired) electrons. The van der Waals surface area contributed by atoms with Gasteiger partial charge in [-0.2, -0.15) is 0 Å². The van der Waals surface area contributed by atoms with Gasteiger partial charge in [0.1, 0.15) is 17.3 Å². The minimum absolute atomic E-state index is 0.00374. The summed E-state index contributed by atoms with van der Waals surface area (Å²) in [6, 6.07) is 14.7. The van der Waals surface area contributed by atoms with Crippen LogP contribution in [0.3, 0.4) is 0 Å². The van der Waals surface area contributed by atoms with E-state index in [-0.39, 0.29) is 24.8 Å². The highest BCUT2D eigenvalue weighted by atomic mass is 32.1. The molecule has 4 N–H and O–H groups in total. The molecule has 1 heterocycles. The number of rotatable bonds is 8. The summed E-state index contributed by atoms with van der Waals surface area (Å²) in [5.41, 5.74) is 4.52. The molecule has 2 amide bonds. The van der Waals surface area contributed by atoms with Crippen LogP contribution >= 0.6 is 11.3 Å². The molecule has 0 aliphatic heterocycles. The molecule has 1 aliphatic rings. The molecule has 1 atom stereocenters. The first kappa shape index (κ1) is 22.4. The number of aliphatic hydroxyl groups excluding tert-OH is 1. The van der Waals surface area contributed by atoms with Crippen molar-refractivity contribution in [1.82, 2.24) is 15.6 Å². The first-order chi connectivity index (χ1) is 16.0. The fourth-order valence-electron chi connectivity index (χ4n) is 3.71. The molecule has 3 aromatic rings. The number of amides is 2. The third-order valence-corrected chi connectivity index (χ3v) is 6.15. The van der Waals surface area contributed by atoms with Gasteiger partial charge in [0.05, 0.1) is 13.2 Å². The monoisotopic (exact) mass is 467 g/mol. The molecule has 2 aromatic carbocycles. The number of aromatic nitrogens is 1. The molecular formula is C23H21N3O6S. The molecule has 0 saturated heterocycles. The fourth-order valence-corrected chi connectivity index (χ4v) is 4.43. The number of carboxylic acid groups (broad SMARTS) is 1. The van der Waals surface area contributed by atoms with Gasteiger partial charge in [-0.25, -0.2) is 14.6 Å². The van der Waals surface area contributed by atoms with E-state index in [2.05, 4.69) is 27.8 Å². The average molecular weight is 468 g/mol. The Balaban J connectivity index is 1.31. The number of thiazole rings is 1. The zero-order valence-electron chi connectivity index (χ0n) is 17.4. The number of fused-ring (bicyclic) bond motifs is 3. The van der Waals surface area contributed by atoms with E-state index in [0.29, 0.717) is 5.01 Å². The van der Waals surface area contributed by atoms with Crippen molar-refractivity contribution in [3.05, 3.63) is 75.7 Å². The van der Waals surface area contributed by atoms with Crippen LogP contribution in [0.2, 0.25) is 0 Å². The molecule has 0 spiro atoms. The minimum atomic E-state index is -1.42. The first-order valence-corrected chi connectivity index (χ1v) is 11.0. The second-order valence-electron chi connectivity index (χ2n) is 7.35. The van der Waals surface area contributed by atoms with E-state index in [9.17, 15) is 14.4 Å². The largest absolute Gasteiger partial charge is 0.480 e. The topological polar surface area (TPSA) is 138 Å². The van der Waals surface area contributed by atoms with Gasteiger partial charge in [0, 0.05) is 11.3 Å². The van der Waals surface area contributed by atoms with E-state index in [0.717, 1.165) is 33.6 Å². The molecule has 10 heteroatoms. The lowest BCUT2D eigenvalue weighted by molar-refractivity contribution is -0.140. The van der Waals surface area contributed by atoms with Gasteiger partial charge in [0.15, 0.2) is 6.04 Å². The number of nitrogens with one attached hydrogen (secondary N) is 2. The molecule has 170 valence electrons. The van der Waals surface area contributed by atoms with Crippen molar-refractivity contribution in [2.45, 2.75) is 18.5 Å². The molecule has 0 bridgehead atoms. The van der Waals surface area contributed by atoms with Gasteiger partial charge >= 0.3 is 12.1 Å². The molecular weight excluding hydrogens is 446 g/mol. The van der Waals surface area contributed by atoms with E-state index < -0.39 is 30.6 Å². The van der Waals surface area contributed by atoms with Gasteiger partial charge in [-0.1, -0.05) is 48.5 Å². The third kappa shape index (κ3) is 4.86. The van der Waals surface area contributed by atoms with E-state index in [4.69, 9.17) is 14.9 Å². The molecule has 0 unspecified atom stereocenters. The van der Waals surface area contributed by atoms with Crippen LogP contribution in [0, 0.1) is 0 Å². The van der Waals surface area contributed by atoms with Crippen LogP contribution < -0.4 is 10.6 Å². The average Bonchev–Trinajstić information content (AvgIpc) is 3.42. The van der Waals surface area contributed by atoms with Crippen LogP contribution in [0.1, 0.15) is 32.5 Å². The van der Waals surface area contributed by atoms with Crippen molar-refractivity contribution >= 4 is 29.3 Å². The van der Waals surface area contributed by atoms with E-state index in [1.165, 1.54) is 5.38 Å². The maximum Gasteiger partial charge on any atom is 0.407 e. The molecule has 9 nitrogen and oxygen atoms in total. The number of hydrogen-bond acceptors (Lipinski definition) is 7. The number of benzene rings is 2. The number of carbonyl (C=O) groups is 3. The number of aliphatic hydroxyl groups is 1. The van der Waals surface area contributed by atoms with Crippen molar-refractivity contribution in [1.29, 1.82) is 0 Å². The third-order valence-electron chi connectivity index (χ3n) is 5.30. The molecule has 1 aliphatic carbocycles. The zero-order chi connectivity index (χ0) is 23.4. The van der Waals surface area contributed by atoms with Crippen LogP contribution in [0.5, 0.6) is 0 Å². The van der Waals surface area contributed by atoms with Crippen molar-refractivity contribution in [2.75, 3.05) is 13.2 Å². The summed E-state index contributed by atoms with van der Waals surface area (Å²) in [4.78, 5) is 39.3. The Kier molecular flexibility index (Phi) is 6.66. The van der Waals surface area contributed by atoms with Crippen molar-refractivity contribution in [3.8, 4) is 11.1 Å². The van der Waals surface area contributed by atoms with Gasteiger partial charge in [-0.15, -0.1) is 11.3 Å². The summed E-state index contributed by atoms with van der Waals surface area (Å²) in [6.07, 6.45) is -0.607. The predicted octanol–water partition coefficient (Wildman–Crippen LogP) is 2.36. The van der Waals surface area contributed by atoms with Crippen LogP contribution in [-0.2, 0) is 16.1 Å². The van der Waals surface area contributed by atoms with Gasteiger partial charge in [-0.3, -0.25) is 4.79 Å². The normalized spacial score (nSPS) is 13.0. The van der Waals surface area contributed by atoms with Crippen molar-refractivity contribution in [2.24, 2.45) is 0 Å². The van der Waals surface area contributed by atoms with Gasteiger partial charge in [0.2, 0.25) is 0 Å². The maximum atomic E-state index is 12.3. The van der Waals surface area contributed by atoms with Crippen molar-refractivity contribution < 1.29 is 29.3 Å². The summed E-state index contributed by atoms with van der Waals surface area (Å²) in [5.74, 6) is -2.12. The summed E-state index contributed by atoms with van der Waals surface area (Å²) in [6.45, 7) is -0.499. The summed E-state index contributed by atoms with van der Waals surface area (Å²) in [7, 11) is 0. The lowest BCUT2D eigenvalue weighted by atomic mass is 9.98. The highest BCUT2D eigenvalue weighted by Gasteiger charge is 2.29. The minimum Gasteiger partial charge on any atom is -0.480 e. The number of carbonyl (C=O) groups excluding carboxylic acids is 2. The van der Waals surface area contributed by atoms with Crippen LogP contribution in [-0.4, -0.2) is 52.4 Å². The maximum absolute atomic E-state index is 12.3. The quantitative estimate of drug-likeness (QED) is 0.399. The smallest absolute Gasteiger partial charge is 0.407 e. The van der Waals surface area contributed by atoms with E-state index in [1.54, 1.807) is 0 Å². The standard InChI is InChI=1S/C23H21N3O6S/c27-10-18(22(29)30)26-21(28)19-12-33-20(25-19)9-24-23(31)32-11-17-15-7-3-1-5-13(15)14-6-2-4-8-16(14)17/h1-8,12,17-18,27H,9-11H2,(H,24,31)(H,26,28)(H,29,30)/t18-/m1/s1. The Morgan fingerprint density at radius 2 is 1.70 bits per heavy atom. The molecule has 0 saturated carbocycles. The summed E-state index contributed by atoms with van der Waals surface area (Å²) >= 11 is 1.14. The number of carboxylic acids is 1. The van der Waals surface area contributed by atoms with Gasteiger partial charge < -0.3 is 25.6 Å². The molecule has 0 fully saturated rings. The van der Waals surface area contributed by atoms with Gasteiger partial charge in [-0.05, 0) is 22.3 Å². The van der Waals surface area contributed by atoms with Crippen LogP contribution in [0.4, 0.5) is 4.79 Å². The number of alkyl carbamates (subject to hydrolysis) is 1. The van der Waals surface area contributed by atoms with E-state index in [1.807, 2.05) is 36.4 Å². The van der Waals surface area contributed by atoms with E-state index >= 15 is 0 Å². The molecule has 33 heavy (non-hydrogen) atoms. The van der Waals surface area contributed by atoms with Crippen LogP contribution in [0.25, 0.3) is 11.1 Å². The number of aliphatic carboxylic acids is 1. The van der Waals surface area contributed by atoms with Crippen molar-refractivity contribution in [3.63, 3.8) is 0 Å². The SMILES string of the molecule is O=C(NCc1nc(C(=O)N[C@H](CO)C(=O)O)cs1)OCC1c2ccccc2-c2ccccc21. The highest BCUT2D eigenvalue weighted by Crippen LogP contribution is 2.44. The van der Waals surface area contributed by atoms with Crippen LogP contribution in [0.15, 0.2) is 53.9 Å². The fraction of sp³-hybridized carbons (Fsp3) is 0.217. The first-order valence-electron chi connectivity index (χ1n) is 10.2. The number of nitrogens with zero attached hydrogens (tertiary/aromatic N) is 1. The highest BCUT2D eigenvalue weighted by molar-refractivity contribution is 7.09. The Hall–Kier alpha value is -3.76. The second-order valence-corrected chi connectivity index (χ2v) is 8.30. The lowest BCUT2D eigenvalue weighted by Gasteiger charge is -2.14. The Labute approximate surface area is 193 Å². The zero-order valence-corrected chi connectivity index (χ0v) is 18.2. The molecule has 1 aromatic heterocycles.